The molecule has 0 aliphatic heterocycles. The van der Waals surface area contributed by atoms with Gasteiger partial charge in [0.1, 0.15) is 0 Å². The van der Waals surface area contributed by atoms with Crippen molar-refractivity contribution >= 4 is 0 Å². The van der Waals surface area contributed by atoms with Gasteiger partial charge in [0.2, 0.25) is 0 Å². The van der Waals surface area contributed by atoms with Crippen LogP contribution >= 0.6 is 0 Å². The predicted octanol–water partition coefficient (Wildman–Crippen LogP) is 5.53. The van der Waals surface area contributed by atoms with Crippen molar-refractivity contribution in [3.8, 4) is 0 Å². The second-order valence-corrected chi connectivity index (χ2v) is 8.06. The molecule has 0 aromatic rings. The first-order chi connectivity index (χ1) is 13.2. The maximum absolute atomic E-state index is 13.0. The number of rotatable bonds is 2. The Bertz CT molecular complexity index is 536. The van der Waals surface area contributed by atoms with E-state index in [2.05, 4.69) is 0 Å². The summed E-state index contributed by atoms with van der Waals surface area (Å²) in [6.07, 6.45) is -28.8. The van der Waals surface area contributed by atoms with E-state index in [1.165, 1.54) is 0 Å². The molecule has 178 valence electrons. The summed E-state index contributed by atoms with van der Waals surface area (Å²) in [6.45, 7) is 0. The fraction of sp³-hybridized carbons (Fsp3) is 1.00. The lowest BCUT2D eigenvalue weighted by atomic mass is 9.59. The van der Waals surface area contributed by atoms with Gasteiger partial charge in [-0.15, -0.1) is 0 Å². The minimum Gasteiger partial charge on any atom is -0.373 e. The first-order valence-electron chi connectivity index (χ1n) is 8.89. The van der Waals surface area contributed by atoms with Gasteiger partial charge in [-0.1, -0.05) is 0 Å². The Balaban J connectivity index is 2.25. The molecule has 2 N–H and O–H groups in total. The Morgan fingerprint density at radius 3 is 0.867 bits per heavy atom. The maximum atomic E-state index is 13.0. The van der Waals surface area contributed by atoms with Crippen LogP contribution in [0.1, 0.15) is 38.5 Å². The van der Waals surface area contributed by atoms with Gasteiger partial charge in [-0.05, 0) is 50.4 Å². The highest BCUT2D eigenvalue weighted by atomic mass is 19.4. The molecule has 0 spiro atoms. The molecule has 4 unspecified atom stereocenters. The van der Waals surface area contributed by atoms with Gasteiger partial charge in [-0.2, -0.15) is 52.7 Å². The largest absolute Gasteiger partial charge is 0.426 e. The first kappa shape index (κ1) is 25.3. The van der Waals surface area contributed by atoms with Gasteiger partial charge >= 0.3 is 24.7 Å². The molecule has 0 saturated heterocycles. The van der Waals surface area contributed by atoms with Crippen LogP contribution in [0.5, 0.6) is 0 Å². The van der Waals surface area contributed by atoms with E-state index in [4.69, 9.17) is 0 Å². The monoisotopic (exact) mass is 470 g/mol. The van der Waals surface area contributed by atoms with Gasteiger partial charge in [-0.25, -0.2) is 0 Å². The smallest absolute Gasteiger partial charge is 0.373 e. The molecule has 4 atom stereocenters. The average molecular weight is 470 g/mol. The van der Waals surface area contributed by atoms with Crippen LogP contribution in [0.3, 0.4) is 0 Å². The van der Waals surface area contributed by atoms with E-state index in [9.17, 15) is 62.9 Å². The van der Waals surface area contributed by atoms with Crippen molar-refractivity contribution in [1.29, 1.82) is 0 Å². The van der Waals surface area contributed by atoms with Gasteiger partial charge in [0.05, 0.1) is 0 Å². The standard InChI is InChI=1S/C16H18F12O2/c17-13(18,19)11(29,14(20,21)22)9-3-1-7-5-10(4-2-8(7)6-9)12(30,15(23,24)25)16(26,27)28/h7-10,29-30H,1-6H2. The predicted molar refractivity (Wildman–Crippen MR) is 75.8 cm³/mol. The van der Waals surface area contributed by atoms with Crippen molar-refractivity contribution in [2.24, 2.45) is 23.7 Å². The summed E-state index contributed by atoms with van der Waals surface area (Å²) in [5, 5.41) is 19.0. The first-order valence-corrected chi connectivity index (χ1v) is 8.89. The van der Waals surface area contributed by atoms with E-state index >= 15 is 0 Å². The molecule has 2 saturated carbocycles. The molecule has 0 bridgehead atoms. The molecule has 2 rings (SSSR count). The molecule has 0 amide bonds. The van der Waals surface area contributed by atoms with E-state index in [1.807, 2.05) is 0 Å². The minimum absolute atomic E-state index is 0.536. The maximum Gasteiger partial charge on any atom is 0.426 e. The fourth-order valence-corrected chi connectivity index (χ4v) is 4.90. The SMILES string of the molecule is OC(C1CCC2CC(C(O)(C(F)(F)F)C(F)(F)F)CCC2C1)(C(F)(F)F)C(F)(F)F. The Labute approximate surface area is 162 Å². The molecular formula is C16H18F12O2. The van der Waals surface area contributed by atoms with E-state index in [1.54, 1.807) is 0 Å². The van der Waals surface area contributed by atoms with Crippen LogP contribution in [-0.2, 0) is 0 Å². The third-order valence-electron chi connectivity index (χ3n) is 6.52. The van der Waals surface area contributed by atoms with Crippen molar-refractivity contribution in [1.82, 2.24) is 0 Å². The molecule has 2 nitrogen and oxygen atoms in total. The summed E-state index contributed by atoms with van der Waals surface area (Å²) in [7, 11) is 0. The molecule has 0 radical (unpaired) electrons. The van der Waals surface area contributed by atoms with Gasteiger partial charge in [0, 0.05) is 11.8 Å². The fourth-order valence-electron chi connectivity index (χ4n) is 4.90. The molecular weight excluding hydrogens is 452 g/mol. The molecule has 2 aliphatic carbocycles. The minimum atomic E-state index is -6.06. The molecule has 0 heterocycles. The molecule has 30 heavy (non-hydrogen) atoms. The number of halogens is 12. The molecule has 0 aromatic heterocycles. The van der Waals surface area contributed by atoms with Gasteiger partial charge in [-0.3, -0.25) is 0 Å². The summed E-state index contributed by atoms with van der Waals surface area (Å²) >= 11 is 0. The van der Waals surface area contributed by atoms with Crippen molar-refractivity contribution in [2.75, 3.05) is 0 Å². The number of hydrogen-bond donors (Lipinski definition) is 2. The normalized spacial score (nSPS) is 30.2. The summed E-state index contributed by atoms with van der Waals surface area (Å²) < 4.78 is 156. The zero-order valence-electron chi connectivity index (χ0n) is 15.0. The van der Waals surface area contributed by atoms with Crippen LogP contribution in [0.4, 0.5) is 52.7 Å². The van der Waals surface area contributed by atoms with Crippen molar-refractivity contribution in [3.63, 3.8) is 0 Å². The Hall–Kier alpha value is -0.920. The molecule has 14 heteroatoms. The third-order valence-corrected chi connectivity index (χ3v) is 6.52. The highest BCUT2D eigenvalue weighted by Gasteiger charge is 2.75. The molecule has 2 fully saturated rings. The molecule has 2 aliphatic rings. The van der Waals surface area contributed by atoms with Crippen molar-refractivity contribution in [3.05, 3.63) is 0 Å². The third kappa shape index (κ3) is 3.86. The van der Waals surface area contributed by atoms with Crippen LogP contribution in [0.2, 0.25) is 0 Å². The lowest BCUT2D eigenvalue weighted by Crippen LogP contribution is -2.64. The lowest BCUT2D eigenvalue weighted by molar-refractivity contribution is -0.393. The van der Waals surface area contributed by atoms with Gasteiger partial charge < -0.3 is 10.2 Å². The number of hydrogen-bond acceptors (Lipinski definition) is 2. The summed E-state index contributed by atoms with van der Waals surface area (Å²) in [4.78, 5) is 0. The Kier molecular flexibility index (Phi) is 6.17. The second-order valence-electron chi connectivity index (χ2n) is 8.06. The Morgan fingerprint density at radius 2 is 0.667 bits per heavy atom. The highest BCUT2D eigenvalue weighted by Crippen LogP contribution is 2.58. The van der Waals surface area contributed by atoms with E-state index in [-0.39, 0.29) is 0 Å². The van der Waals surface area contributed by atoms with Gasteiger partial charge in [0.25, 0.3) is 11.2 Å². The van der Waals surface area contributed by atoms with Crippen LogP contribution < -0.4 is 0 Å². The van der Waals surface area contributed by atoms with Crippen molar-refractivity contribution < 1.29 is 62.9 Å². The van der Waals surface area contributed by atoms with E-state index in [0.717, 1.165) is 0 Å². The summed E-state index contributed by atoms with van der Waals surface area (Å²) in [5.74, 6) is -6.75. The van der Waals surface area contributed by atoms with E-state index in [0.29, 0.717) is 0 Å². The zero-order chi connectivity index (χ0) is 23.6. The van der Waals surface area contributed by atoms with Crippen LogP contribution in [-0.4, -0.2) is 46.1 Å². The van der Waals surface area contributed by atoms with Crippen LogP contribution in [0.25, 0.3) is 0 Å². The summed E-state index contributed by atoms with van der Waals surface area (Å²) in [6, 6.07) is 0. The average Bonchev–Trinajstić information content (AvgIpc) is 2.55. The topological polar surface area (TPSA) is 40.5 Å². The molecule has 0 aromatic carbocycles. The zero-order valence-corrected chi connectivity index (χ0v) is 15.0. The van der Waals surface area contributed by atoms with Crippen LogP contribution in [0.15, 0.2) is 0 Å². The number of fused-ring (bicyclic) bond motifs is 1. The lowest BCUT2D eigenvalue weighted by Gasteiger charge is -2.49. The second kappa shape index (κ2) is 7.31. The van der Waals surface area contributed by atoms with Gasteiger partial charge in [0.15, 0.2) is 0 Å². The van der Waals surface area contributed by atoms with E-state index < -0.39 is 98.1 Å². The van der Waals surface area contributed by atoms with Crippen molar-refractivity contribution in [2.45, 2.75) is 74.4 Å². The summed E-state index contributed by atoms with van der Waals surface area (Å²) in [5.41, 5.74) is -10.1. The highest BCUT2D eigenvalue weighted by molar-refractivity contribution is 5.06. The number of aliphatic hydroxyl groups is 2. The number of alkyl halides is 12. The quantitative estimate of drug-likeness (QED) is 0.522. The Morgan fingerprint density at radius 1 is 0.433 bits per heavy atom. The van der Waals surface area contributed by atoms with Crippen LogP contribution in [0, 0.1) is 23.7 Å².